The van der Waals surface area contributed by atoms with Crippen molar-refractivity contribution in [3.63, 3.8) is 0 Å². The highest BCUT2D eigenvalue weighted by molar-refractivity contribution is 8.15. The minimum atomic E-state index is -0.570. The van der Waals surface area contributed by atoms with Crippen LogP contribution in [-0.4, -0.2) is 41.5 Å². The Morgan fingerprint density at radius 2 is 1.96 bits per heavy atom. The lowest BCUT2D eigenvalue weighted by Crippen LogP contribution is -2.49. The molecule has 2 rings (SSSR count). The van der Waals surface area contributed by atoms with Crippen LogP contribution in [-0.2, 0) is 16.0 Å². The van der Waals surface area contributed by atoms with E-state index in [2.05, 4.69) is 10.6 Å². The van der Waals surface area contributed by atoms with Gasteiger partial charge in [0.1, 0.15) is 12.4 Å². The molecule has 1 aliphatic rings. The van der Waals surface area contributed by atoms with Crippen LogP contribution < -0.4 is 21.1 Å². The molecule has 8 heteroatoms. The summed E-state index contributed by atoms with van der Waals surface area (Å²) in [5, 5.41) is 4.36. The van der Waals surface area contributed by atoms with Gasteiger partial charge >= 0.3 is 0 Å². The molecule has 1 aromatic rings. The standard InChI is InChI=1S/C18H25N3O4S/c1-18(2,3)14(19)16(23)20-8-9-25-12-6-4-11(5-7-12)10-13-15(22)21-17(24)26-13/h4-7,13-14H,8-10,19H2,1-3H3,(H,20,23)(H,21,22,24)/t13?,14-/m1/s1. The van der Waals surface area contributed by atoms with Crippen LogP contribution in [0.5, 0.6) is 5.75 Å². The summed E-state index contributed by atoms with van der Waals surface area (Å²) in [4.78, 5) is 34.7. The van der Waals surface area contributed by atoms with Gasteiger partial charge in [0.2, 0.25) is 11.8 Å². The third-order valence-corrected chi connectivity index (χ3v) is 4.98. The first-order valence-corrected chi connectivity index (χ1v) is 9.31. The first-order valence-electron chi connectivity index (χ1n) is 8.43. The molecule has 3 amide bonds. The van der Waals surface area contributed by atoms with E-state index in [0.717, 1.165) is 17.3 Å². The first-order chi connectivity index (χ1) is 12.2. The molecule has 0 aliphatic carbocycles. The van der Waals surface area contributed by atoms with Crippen LogP contribution >= 0.6 is 11.8 Å². The van der Waals surface area contributed by atoms with Crippen molar-refractivity contribution in [2.45, 2.75) is 38.5 Å². The number of hydrogen-bond donors (Lipinski definition) is 3. The Balaban J connectivity index is 1.73. The second-order valence-corrected chi connectivity index (χ2v) is 8.39. The monoisotopic (exact) mass is 379 g/mol. The Labute approximate surface area is 157 Å². The maximum Gasteiger partial charge on any atom is 0.286 e. The summed E-state index contributed by atoms with van der Waals surface area (Å²) >= 11 is 1.01. The van der Waals surface area contributed by atoms with Crippen molar-refractivity contribution in [2.24, 2.45) is 11.1 Å². The predicted octanol–water partition coefficient (Wildman–Crippen LogP) is 1.45. The van der Waals surface area contributed by atoms with Gasteiger partial charge < -0.3 is 15.8 Å². The Hall–Kier alpha value is -2.06. The van der Waals surface area contributed by atoms with Gasteiger partial charge in [0.05, 0.1) is 17.8 Å². The van der Waals surface area contributed by atoms with Gasteiger partial charge in [0.15, 0.2) is 0 Å². The van der Waals surface area contributed by atoms with Crippen molar-refractivity contribution in [2.75, 3.05) is 13.2 Å². The van der Waals surface area contributed by atoms with Crippen LogP contribution in [0.2, 0.25) is 0 Å². The number of amides is 3. The van der Waals surface area contributed by atoms with Crippen LogP contribution in [0.4, 0.5) is 4.79 Å². The fourth-order valence-corrected chi connectivity index (χ4v) is 3.17. The van der Waals surface area contributed by atoms with Crippen LogP contribution in [0.25, 0.3) is 0 Å². The van der Waals surface area contributed by atoms with E-state index in [4.69, 9.17) is 10.5 Å². The summed E-state index contributed by atoms with van der Waals surface area (Å²) in [5.74, 6) is 0.227. The van der Waals surface area contributed by atoms with Crippen LogP contribution in [0.15, 0.2) is 24.3 Å². The van der Waals surface area contributed by atoms with Gasteiger partial charge in [-0.25, -0.2) is 0 Å². The fourth-order valence-electron chi connectivity index (χ4n) is 2.31. The van der Waals surface area contributed by atoms with Crippen molar-refractivity contribution >= 4 is 28.8 Å². The largest absolute Gasteiger partial charge is 0.492 e. The van der Waals surface area contributed by atoms with Gasteiger partial charge in [-0.2, -0.15) is 0 Å². The lowest BCUT2D eigenvalue weighted by molar-refractivity contribution is -0.124. The normalized spacial score (nSPS) is 18.4. The van der Waals surface area contributed by atoms with E-state index < -0.39 is 6.04 Å². The van der Waals surface area contributed by atoms with E-state index >= 15 is 0 Å². The van der Waals surface area contributed by atoms with Gasteiger partial charge in [-0.3, -0.25) is 19.7 Å². The maximum absolute atomic E-state index is 11.9. The van der Waals surface area contributed by atoms with Gasteiger partial charge in [0.25, 0.3) is 5.24 Å². The average Bonchev–Trinajstić information content (AvgIpc) is 2.88. The molecule has 0 aromatic heterocycles. The fraction of sp³-hybridized carbons (Fsp3) is 0.500. The van der Waals surface area contributed by atoms with E-state index in [1.165, 1.54) is 0 Å². The molecule has 1 fully saturated rings. The molecule has 1 heterocycles. The predicted molar refractivity (Wildman–Crippen MR) is 101 cm³/mol. The molecular formula is C18H25N3O4S. The Bertz CT molecular complexity index is 670. The number of nitrogens with two attached hydrogens (primary N) is 1. The van der Waals surface area contributed by atoms with Crippen molar-refractivity contribution < 1.29 is 19.1 Å². The third-order valence-electron chi connectivity index (χ3n) is 4.00. The Kier molecular flexibility index (Phi) is 6.66. The smallest absolute Gasteiger partial charge is 0.286 e. The zero-order chi connectivity index (χ0) is 19.3. The molecule has 1 aliphatic heterocycles. The Morgan fingerprint density at radius 3 is 2.50 bits per heavy atom. The lowest BCUT2D eigenvalue weighted by Gasteiger charge is -2.25. The molecule has 0 spiro atoms. The van der Waals surface area contributed by atoms with E-state index in [0.29, 0.717) is 25.3 Å². The van der Waals surface area contributed by atoms with E-state index in [1.54, 1.807) is 12.1 Å². The molecule has 0 radical (unpaired) electrons. The number of hydrogen-bond acceptors (Lipinski definition) is 6. The second-order valence-electron chi connectivity index (χ2n) is 7.21. The van der Waals surface area contributed by atoms with E-state index in [-0.39, 0.29) is 27.7 Å². The van der Waals surface area contributed by atoms with Crippen molar-refractivity contribution in [3.05, 3.63) is 29.8 Å². The molecule has 0 bridgehead atoms. The number of nitrogens with one attached hydrogen (secondary N) is 2. The SMILES string of the molecule is CC(C)(C)[C@H](N)C(=O)NCCOc1ccc(CC2SC(=O)NC2=O)cc1. The number of ether oxygens (including phenoxy) is 1. The molecule has 7 nitrogen and oxygen atoms in total. The van der Waals surface area contributed by atoms with Crippen LogP contribution in [0.1, 0.15) is 26.3 Å². The Morgan fingerprint density at radius 1 is 1.31 bits per heavy atom. The summed E-state index contributed by atoms with van der Waals surface area (Å²) in [6, 6.07) is 6.76. The molecule has 1 unspecified atom stereocenters. The molecule has 0 saturated carbocycles. The minimum absolute atomic E-state index is 0.196. The van der Waals surface area contributed by atoms with Crippen molar-refractivity contribution in [1.29, 1.82) is 0 Å². The number of thioether (sulfide) groups is 1. The highest BCUT2D eigenvalue weighted by Crippen LogP contribution is 2.23. The lowest BCUT2D eigenvalue weighted by atomic mass is 9.87. The van der Waals surface area contributed by atoms with Crippen molar-refractivity contribution in [3.8, 4) is 5.75 Å². The number of rotatable bonds is 7. The number of imide groups is 1. The summed E-state index contributed by atoms with van der Waals surface area (Å²) in [6.07, 6.45) is 0.489. The van der Waals surface area contributed by atoms with Gasteiger partial charge in [-0.15, -0.1) is 0 Å². The quantitative estimate of drug-likeness (QED) is 0.619. The maximum atomic E-state index is 11.9. The van der Waals surface area contributed by atoms with E-state index in [9.17, 15) is 14.4 Å². The molecule has 1 saturated heterocycles. The van der Waals surface area contributed by atoms with Gasteiger partial charge in [-0.05, 0) is 29.5 Å². The average molecular weight is 379 g/mol. The zero-order valence-corrected chi connectivity index (χ0v) is 16.0. The summed E-state index contributed by atoms with van der Waals surface area (Å²) in [5.41, 5.74) is 6.54. The van der Waals surface area contributed by atoms with Crippen LogP contribution in [0, 0.1) is 5.41 Å². The highest BCUT2D eigenvalue weighted by Gasteiger charge is 2.31. The number of carbonyl (C=O) groups excluding carboxylic acids is 3. The number of carbonyl (C=O) groups is 3. The van der Waals surface area contributed by atoms with E-state index in [1.807, 2.05) is 32.9 Å². The van der Waals surface area contributed by atoms with Gasteiger partial charge in [0, 0.05) is 0 Å². The molecule has 2 atom stereocenters. The third kappa shape index (κ3) is 5.74. The second kappa shape index (κ2) is 8.55. The molecule has 26 heavy (non-hydrogen) atoms. The van der Waals surface area contributed by atoms with Crippen molar-refractivity contribution in [1.82, 2.24) is 10.6 Å². The highest BCUT2D eigenvalue weighted by atomic mass is 32.2. The van der Waals surface area contributed by atoms with Gasteiger partial charge in [-0.1, -0.05) is 44.7 Å². The number of benzene rings is 1. The minimum Gasteiger partial charge on any atom is -0.492 e. The molecular weight excluding hydrogens is 354 g/mol. The topological polar surface area (TPSA) is 111 Å². The van der Waals surface area contributed by atoms with Crippen LogP contribution in [0.3, 0.4) is 0 Å². The summed E-state index contributed by atoms with van der Waals surface area (Å²) in [6.45, 7) is 6.44. The summed E-state index contributed by atoms with van der Waals surface area (Å²) in [7, 11) is 0. The molecule has 142 valence electrons. The first kappa shape index (κ1) is 20.3. The summed E-state index contributed by atoms with van der Waals surface area (Å²) < 4.78 is 5.59. The zero-order valence-electron chi connectivity index (χ0n) is 15.2. The molecule has 4 N–H and O–H groups in total. The molecule has 1 aromatic carbocycles.